The van der Waals surface area contributed by atoms with Gasteiger partial charge in [0.15, 0.2) is 0 Å². The summed E-state index contributed by atoms with van der Waals surface area (Å²) in [5.74, 6) is 0. The summed E-state index contributed by atoms with van der Waals surface area (Å²) in [6.45, 7) is 5.47. The fourth-order valence-corrected chi connectivity index (χ4v) is 2.84. The van der Waals surface area contributed by atoms with Gasteiger partial charge in [-0.15, -0.1) is 0 Å². The van der Waals surface area contributed by atoms with Crippen molar-refractivity contribution in [2.75, 3.05) is 13.6 Å². The Labute approximate surface area is 135 Å². The minimum Gasteiger partial charge on any atom is -0.329 e. The number of pyridine rings is 1. The lowest BCUT2D eigenvalue weighted by Crippen LogP contribution is -2.30. The van der Waals surface area contributed by atoms with E-state index in [0.29, 0.717) is 6.54 Å². The highest BCUT2D eigenvalue weighted by molar-refractivity contribution is 9.10. The van der Waals surface area contributed by atoms with Crippen molar-refractivity contribution in [3.63, 3.8) is 0 Å². The highest BCUT2D eigenvalue weighted by atomic mass is 79.9. The Balaban J connectivity index is 2.18. The molecule has 0 bridgehead atoms. The zero-order valence-electron chi connectivity index (χ0n) is 12.8. The molecule has 112 valence electrons. The van der Waals surface area contributed by atoms with Gasteiger partial charge in [-0.25, -0.2) is 0 Å². The average Bonchev–Trinajstić information content (AvgIpc) is 2.43. The molecule has 0 aliphatic carbocycles. The van der Waals surface area contributed by atoms with E-state index in [2.05, 4.69) is 64.1 Å². The second kappa shape index (κ2) is 7.16. The summed E-state index contributed by atoms with van der Waals surface area (Å²) in [4.78, 5) is 6.81. The molecule has 1 aromatic heterocycles. The van der Waals surface area contributed by atoms with E-state index >= 15 is 0 Å². The minimum atomic E-state index is 0.184. The van der Waals surface area contributed by atoms with Gasteiger partial charge in [-0.3, -0.25) is 9.88 Å². The molecule has 2 N–H and O–H groups in total. The molecular formula is C17H22BrN3. The van der Waals surface area contributed by atoms with E-state index < -0.39 is 0 Å². The monoisotopic (exact) mass is 347 g/mol. The van der Waals surface area contributed by atoms with Gasteiger partial charge in [0.1, 0.15) is 0 Å². The maximum atomic E-state index is 6.00. The predicted octanol–water partition coefficient (Wildman–Crippen LogP) is 3.59. The fraction of sp³-hybridized carbons (Fsp3) is 0.353. The van der Waals surface area contributed by atoms with Gasteiger partial charge in [-0.05, 0) is 50.2 Å². The molecule has 0 aliphatic rings. The minimum absolute atomic E-state index is 0.184. The number of hydrogen-bond donors (Lipinski definition) is 1. The lowest BCUT2D eigenvalue weighted by molar-refractivity contribution is 0.239. The Kier molecular flexibility index (Phi) is 5.51. The van der Waals surface area contributed by atoms with Gasteiger partial charge in [0.05, 0.1) is 5.69 Å². The Morgan fingerprint density at radius 3 is 2.62 bits per heavy atom. The molecule has 1 unspecified atom stereocenters. The van der Waals surface area contributed by atoms with Crippen LogP contribution in [-0.2, 0) is 6.54 Å². The Bertz CT molecular complexity index is 613. The topological polar surface area (TPSA) is 42.1 Å². The summed E-state index contributed by atoms with van der Waals surface area (Å²) < 4.78 is 1.13. The van der Waals surface area contributed by atoms with E-state index in [1.807, 2.05) is 19.1 Å². The fourth-order valence-electron chi connectivity index (χ4n) is 2.44. The van der Waals surface area contributed by atoms with Crippen molar-refractivity contribution in [1.82, 2.24) is 9.88 Å². The van der Waals surface area contributed by atoms with Crippen LogP contribution < -0.4 is 5.73 Å². The van der Waals surface area contributed by atoms with Crippen LogP contribution in [0.2, 0.25) is 0 Å². The van der Waals surface area contributed by atoms with Crippen LogP contribution in [-0.4, -0.2) is 23.5 Å². The zero-order chi connectivity index (χ0) is 15.4. The Hall–Kier alpha value is -1.23. The van der Waals surface area contributed by atoms with Gasteiger partial charge >= 0.3 is 0 Å². The van der Waals surface area contributed by atoms with Crippen molar-refractivity contribution < 1.29 is 0 Å². The van der Waals surface area contributed by atoms with Crippen molar-refractivity contribution in [2.45, 2.75) is 26.4 Å². The van der Waals surface area contributed by atoms with Crippen LogP contribution >= 0.6 is 15.9 Å². The summed E-state index contributed by atoms with van der Waals surface area (Å²) in [6.07, 6.45) is 0. The van der Waals surface area contributed by atoms with E-state index in [1.165, 1.54) is 11.1 Å². The van der Waals surface area contributed by atoms with Gasteiger partial charge in [-0.1, -0.05) is 34.1 Å². The molecule has 0 aliphatic heterocycles. The molecule has 1 atom stereocenters. The number of aromatic nitrogens is 1. The molecule has 0 saturated carbocycles. The second-order valence-corrected chi connectivity index (χ2v) is 6.30. The SMILES string of the molecule is Cc1cccc(CN(C)C(CN)c2ccc(C)c(Br)c2)n1. The lowest BCUT2D eigenvalue weighted by Gasteiger charge is -2.27. The number of nitrogens with two attached hydrogens (primary N) is 1. The van der Waals surface area contributed by atoms with Crippen LogP contribution in [0.25, 0.3) is 0 Å². The highest BCUT2D eigenvalue weighted by Crippen LogP contribution is 2.25. The van der Waals surface area contributed by atoms with Crippen molar-refractivity contribution in [1.29, 1.82) is 0 Å². The first kappa shape index (κ1) is 16.1. The molecule has 21 heavy (non-hydrogen) atoms. The molecule has 1 aromatic carbocycles. The van der Waals surface area contributed by atoms with Crippen LogP contribution in [0.5, 0.6) is 0 Å². The van der Waals surface area contributed by atoms with E-state index in [9.17, 15) is 0 Å². The van der Waals surface area contributed by atoms with Crippen molar-refractivity contribution in [3.8, 4) is 0 Å². The van der Waals surface area contributed by atoms with Crippen molar-refractivity contribution in [2.24, 2.45) is 5.73 Å². The smallest absolute Gasteiger partial charge is 0.0547 e. The van der Waals surface area contributed by atoms with Crippen LogP contribution in [0.15, 0.2) is 40.9 Å². The number of hydrogen-bond acceptors (Lipinski definition) is 3. The molecule has 2 aromatic rings. The van der Waals surface area contributed by atoms with Crippen molar-refractivity contribution in [3.05, 3.63) is 63.4 Å². The van der Waals surface area contributed by atoms with Gasteiger partial charge < -0.3 is 5.73 Å². The number of likely N-dealkylation sites (N-methyl/N-ethyl adjacent to an activating group) is 1. The van der Waals surface area contributed by atoms with Gasteiger partial charge in [-0.2, -0.15) is 0 Å². The third-order valence-electron chi connectivity index (χ3n) is 3.69. The summed E-state index contributed by atoms with van der Waals surface area (Å²) >= 11 is 3.60. The largest absolute Gasteiger partial charge is 0.329 e. The molecule has 0 amide bonds. The Morgan fingerprint density at radius 1 is 1.24 bits per heavy atom. The molecule has 2 rings (SSSR count). The maximum Gasteiger partial charge on any atom is 0.0547 e. The Morgan fingerprint density at radius 2 is 2.00 bits per heavy atom. The summed E-state index contributed by atoms with van der Waals surface area (Å²) in [5.41, 5.74) is 10.6. The summed E-state index contributed by atoms with van der Waals surface area (Å²) in [7, 11) is 2.09. The number of halogens is 1. The first-order chi connectivity index (χ1) is 10.0. The van der Waals surface area contributed by atoms with E-state index in [0.717, 1.165) is 22.4 Å². The molecule has 0 saturated heterocycles. The predicted molar refractivity (Wildman–Crippen MR) is 91.1 cm³/mol. The van der Waals surface area contributed by atoms with E-state index in [4.69, 9.17) is 5.73 Å². The first-order valence-corrected chi connectivity index (χ1v) is 7.89. The molecule has 4 heteroatoms. The number of benzene rings is 1. The van der Waals surface area contributed by atoms with Crippen LogP contribution in [0.3, 0.4) is 0 Å². The average molecular weight is 348 g/mol. The van der Waals surface area contributed by atoms with Crippen LogP contribution in [0, 0.1) is 13.8 Å². The molecular weight excluding hydrogens is 326 g/mol. The quantitative estimate of drug-likeness (QED) is 0.898. The number of aryl methyl sites for hydroxylation is 2. The maximum absolute atomic E-state index is 6.00. The molecule has 0 fully saturated rings. The third kappa shape index (κ3) is 4.13. The molecule has 0 radical (unpaired) electrons. The highest BCUT2D eigenvalue weighted by Gasteiger charge is 2.16. The van der Waals surface area contributed by atoms with Gasteiger partial charge in [0.2, 0.25) is 0 Å². The first-order valence-electron chi connectivity index (χ1n) is 7.10. The molecule has 1 heterocycles. The third-order valence-corrected chi connectivity index (χ3v) is 4.55. The van der Waals surface area contributed by atoms with Gasteiger partial charge in [0.25, 0.3) is 0 Å². The zero-order valence-corrected chi connectivity index (χ0v) is 14.4. The van der Waals surface area contributed by atoms with Crippen molar-refractivity contribution >= 4 is 15.9 Å². The van der Waals surface area contributed by atoms with E-state index in [1.54, 1.807) is 0 Å². The molecule has 0 spiro atoms. The number of rotatable bonds is 5. The second-order valence-electron chi connectivity index (χ2n) is 5.45. The van der Waals surface area contributed by atoms with Gasteiger partial charge in [0, 0.05) is 29.3 Å². The summed E-state index contributed by atoms with van der Waals surface area (Å²) in [6, 6.07) is 12.7. The summed E-state index contributed by atoms with van der Waals surface area (Å²) in [5, 5.41) is 0. The van der Waals surface area contributed by atoms with Crippen LogP contribution in [0.1, 0.15) is 28.6 Å². The van der Waals surface area contributed by atoms with E-state index in [-0.39, 0.29) is 6.04 Å². The lowest BCUT2D eigenvalue weighted by atomic mass is 10.0. The number of nitrogens with zero attached hydrogens (tertiary/aromatic N) is 2. The standard InChI is InChI=1S/C17H22BrN3/c1-12-7-8-14(9-16(12)18)17(10-19)21(3)11-15-6-4-5-13(2)20-15/h4-9,17H,10-11,19H2,1-3H3. The van der Waals surface area contributed by atoms with Crippen LogP contribution in [0.4, 0.5) is 0 Å². The normalized spacial score (nSPS) is 12.7. The molecule has 3 nitrogen and oxygen atoms in total.